The summed E-state index contributed by atoms with van der Waals surface area (Å²) in [7, 11) is 0. The molecule has 0 saturated carbocycles. The number of thioether (sulfide) groups is 1. The first-order valence-corrected chi connectivity index (χ1v) is 8.72. The minimum absolute atomic E-state index is 0.0596. The number of carbonyl (C=O) groups is 1. The number of halogens is 1. The summed E-state index contributed by atoms with van der Waals surface area (Å²) in [6.07, 6.45) is 3.72. The molecule has 0 saturated heterocycles. The van der Waals surface area contributed by atoms with Gasteiger partial charge in [0.1, 0.15) is 16.9 Å². The number of nitrogens with one attached hydrogen (secondary N) is 2. The Morgan fingerprint density at radius 1 is 1.35 bits per heavy atom. The predicted molar refractivity (Wildman–Crippen MR) is 94.4 cm³/mol. The summed E-state index contributed by atoms with van der Waals surface area (Å²) in [4.78, 5) is 28.0. The number of anilines is 1. The molecule has 1 atom stereocenters. The Morgan fingerprint density at radius 3 is 2.96 bits per heavy atom. The molecule has 2 heterocycles. The topological polar surface area (TPSA) is 83.6 Å². The maximum absolute atomic E-state index is 12.6. The quantitative estimate of drug-likeness (QED) is 0.512. The second-order valence-electron chi connectivity index (χ2n) is 4.76. The first-order valence-electron chi connectivity index (χ1n) is 7.05. The fourth-order valence-corrected chi connectivity index (χ4v) is 3.43. The number of benzene rings is 1. The first-order chi connectivity index (χ1) is 11.2. The Balaban J connectivity index is 1.78. The van der Waals surface area contributed by atoms with Crippen molar-refractivity contribution in [2.45, 2.75) is 23.6 Å². The molecule has 23 heavy (non-hydrogen) atoms. The molecule has 1 amide bonds. The summed E-state index contributed by atoms with van der Waals surface area (Å²) in [5, 5.41) is 3.41. The number of hydrogen-bond donors (Lipinski definition) is 2. The van der Waals surface area contributed by atoms with Gasteiger partial charge < -0.3 is 10.3 Å². The smallest absolute Gasteiger partial charge is 0.237 e. The van der Waals surface area contributed by atoms with Crippen LogP contribution in [-0.4, -0.2) is 31.1 Å². The van der Waals surface area contributed by atoms with E-state index in [9.17, 15) is 4.79 Å². The Labute approximate surface area is 145 Å². The van der Waals surface area contributed by atoms with Crippen LogP contribution in [-0.2, 0) is 4.79 Å². The zero-order valence-electron chi connectivity index (χ0n) is 12.3. The molecule has 2 N–H and O–H groups in total. The summed E-state index contributed by atoms with van der Waals surface area (Å²) >= 11 is 4.84. The maximum Gasteiger partial charge on any atom is 0.237 e. The van der Waals surface area contributed by atoms with E-state index >= 15 is 0 Å². The molecule has 3 aromatic rings. The SMILES string of the molecule is CC[C@@H](Sc1ncnc2nc[nH]c12)C(=O)Nc1ccccc1Br. The number of aromatic nitrogens is 4. The Hall–Kier alpha value is -1.93. The highest BCUT2D eigenvalue weighted by Crippen LogP contribution is 2.29. The van der Waals surface area contributed by atoms with E-state index in [-0.39, 0.29) is 11.2 Å². The van der Waals surface area contributed by atoms with E-state index in [0.717, 1.165) is 20.7 Å². The third-order valence-electron chi connectivity index (χ3n) is 3.24. The number of aromatic amines is 1. The third kappa shape index (κ3) is 3.53. The highest BCUT2D eigenvalue weighted by Gasteiger charge is 2.21. The number of nitrogens with zero attached hydrogens (tertiary/aromatic N) is 3. The lowest BCUT2D eigenvalue weighted by Gasteiger charge is -2.15. The average Bonchev–Trinajstić information content (AvgIpc) is 3.04. The molecule has 6 nitrogen and oxygen atoms in total. The minimum Gasteiger partial charge on any atom is -0.341 e. The van der Waals surface area contributed by atoms with Crippen molar-refractivity contribution in [1.29, 1.82) is 0 Å². The molecule has 3 rings (SSSR count). The Kier molecular flexibility index (Phi) is 4.92. The van der Waals surface area contributed by atoms with Crippen molar-refractivity contribution in [3.63, 3.8) is 0 Å². The molecule has 0 aliphatic carbocycles. The molecule has 118 valence electrons. The number of H-pyrrole nitrogens is 1. The normalized spacial score (nSPS) is 12.3. The third-order valence-corrected chi connectivity index (χ3v) is 5.29. The van der Waals surface area contributed by atoms with Crippen LogP contribution in [0.25, 0.3) is 11.2 Å². The van der Waals surface area contributed by atoms with Gasteiger partial charge in [0.2, 0.25) is 5.91 Å². The van der Waals surface area contributed by atoms with Crippen LogP contribution < -0.4 is 5.32 Å². The van der Waals surface area contributed by atoms with E-state index in [1.54, 1.807) is 6.33 Å². The van der Waals surface area contributed by atoms with E-state index < -0.39 is 0 Å². The van der Waals surface area contributed by atoms with Gasteiger partial charge in [-0.25, -0.2) is 15.0 Å². The van der Waals surface area contributed by atoms with Crippen LogP contribution in [0.2, 0.25) is 0 Å². The number of fused-ring (bicyclic) bond motifs is 1. The monoisotopic (exact) mass is 391 g/mol. The first kappa shape index (κ1) is 15.9. The summed E-state index contributed by atoms with van der Waals surface area (Å²) in [6, 6.07) is 7.54. The van der Waals surface area contributed by atoms with Gasteiger partial charge >= 0.3 is 0 Å². The van der Waals surface area contributed by atoms with Gasteiger partial charge in [-0.3, -0.25) is 4.79 Å². The van der Waals surface area contributed by atoms with E-state index in [1.807, 2.05) is 31.2 Å². The predicted octanol–water partition coefficient (Wildman–Crippen LogP) is 3.62. The van der Waals surface area contributed by atoms with Gasteiger partial charge in [0.05, 0.1) is 17.3 Å². The summed E-state index contributed by atoms with van der Waals surface area (Å²) < 4.78 is 0.853. The van der Waals surface area contributed by atoms with Gasteiger partial charge in [-0.15, -0.1) is 0 Å². The van der Waals surface area contributed by atoms with Crippen LogP contribution in [0.4, 0.5) is 5.69 Å². The maximum atomic E-state index is 12.6. The highest BCUT2D eigenvalue weighted by atomic mass is 79.9. The van der Waals surface area contributed by atoms with Crippen LogP contribution in [0.3, 0.4) is 0 Å². The van der Waals surface area contributed by atoms with Gasteiger partial charge in [-0.1, -0.05) is 30.8 Å². The molecule has 0 fully saturated rings. The molecule has 8 heteroatoms. The lowest BCUT2D eigenvalue weighted by molar-refractivity contribution is -0.115. The Bertz CT molecular complexity index is 837. The van der Waals surface area contributed by atoms with Gasteiger partial charge in [-0.05, 0) is 34.5 Å². The van der Waals surface area contributed by atoms with Gasteiger partial charge in [-0.2, -0.15) is 0 Å². The van der Waals surface area contributed by atoms with E-state index in [0.29, 0.717) is 12.1 Å². The Morgan fingerprint density at radius 2 is 2.17 bits per heavy atom. The van der Waals surface area contributed by atoms with Crippen LogP contribution in [0, 0.1) is 0 Å². The number of rotatable bonds is 5. The molecule has 0 aliphatic rings. The molecule has 0 radical (unpaired) electrons. The zero-order valence-corrected chi connectivity index (χ0v) is 14.7. The lowest BCUT2D eigenvalue weighted by Crippen LogP contribution is -2.24. The summed E-state index contributed by atoms with van der Waals surface area (Å²) in [5.41, 5.74) is 2.11. The van der Waals surface area contributed by atoms with Gasteiger partial charge in [0.25, 0.3) is 0 Å². The molecule has 0 aliphatic heterocycles. The molecule has 0 unspecified atom stereocenters. The summed E-state index contributed by atoms with van der Waals surface area (Å²) in [5.74, 6) is -0.0596. The fraction of sp³-hybridized carbons (Fsp3) is 0.200. The fourth-order valence-electron chi connectivity index (χ4n) is 2.07. The van der Waals surface area contributed by atoms with Crippen molar-refractivity contribution in [2.24, 2.45) is 0 Å². The second-order valence-corrected chi connectivity index (χ2v) is 6.81. The van der Waals surface area contributed by atoms with Gasteiger partial charge in [0.15, 0.2) is 5.65 Å². The van der Waals surface area contributed by atoms with Gasteiger partial charge in [0, 0.05) is 4.47 Å². The van der Waals surface area contributed by atoms with E-state index in [4.69, 9.17) is 0 Å². The standard InChI is InChI=1S/C15H14BrN5OS/c1-2-11(14(22)21-10-6-4-3-5-9(10)16)23-15-12-13(18-7-17-12)19-8-20-15/h3-8,11H,2H2,1H3,(H,21,22)(H,17,18,19,20)/t11-/m1/s1. The number of para-hydroxylation sites is 1. The number of amides is 1. The van der Waals surface area contributed by atoms with Crippen molar-refractivity contribution < 1.29 is 4.79 Å². The van der Waals surface area contributed by atoms with E-state index in [1.165, 1.54) is 18.1 Å². The van der Waals surface area contributed by atoms with Crippen LogP contribution in [0.5, 0.6) is 0 Å². The average molecular weight is 392 g/mol. The molecule has 1 aromatic carbocycles. The molecule has 0 bridgehead atoms. The number of carbonyl (C=O) groups excluding carboxylic acids is 1. The van der Waals surface area contributed by atoms with E-state index in [2.05, 4.69) is 41.2 Å². The highest BCUT2D eigenvalue weighted by molar-refractivity contribution is 9.10. The molecule has 2 aromatic heterocycles. The summed E-state index contributed by atoms with van der Waals surface area (Å²) in [6.45, 7) is 1.97. The number of imidazole rings is 1. The molecular formula is C15H14BrN5OS. The second kappa shape index (κ2) is 7.10. The largest absolute Gasteiger partial charge is 0.341 e. The van der Waals surface area contributed by atoms with Crippen molar-refractivity contribution in [3.8, 4) is 0 Å². The zero-order chi connectivity index (χ0) is 16.2. The molecular weight excluding hydrogens is 378 g/mol. The van der Waals surface area contributed by atoms with Crippen molar-refractivity contribution in [1.82, 2.24) is 19.9 Å². The van der Waals surface area contributed by atoms with Crippen LogP contribution >= 0.6 is 27.7 Å². The van der Waals surface area contributed by atoms with Crippen molar-refractivity contribution in [2.75, 3.05) is 5.32 Å². The minimum atomic E-state index is -0.261. The molecule has 0 spiro atoms. The van der Waals surface area contributed by atoms with Crippen LogP contribution in [0.1, 0.15) is 13.3 Å². The van der Waals surface area contributed by atoms with Crippen LogP contribution in [0.15, 0.2) is 46.4 Å². The van der Waals surface area contributed by atoms with Crippen molar-refractivity contribution in [3.05, 3.63) is 41.4 Å². The number of hydrogen-bond acceptors (Lipinski definition) is 5. The lowest BCUT2D eigenvalue weighted by atomic mass is 10.3. The van der Waals surface area contributed by atoms with Crippen molar-refractivity contribution >= 4 is 50.5 Å².